The summed E-state index contributed by atoms with van der Waals surface area (Å²) in [6.45, 7) is 9.37. The molecular formula is C21H28N2O3S2. The monoisotopic (exact) mass is 420 g/mol. The molecule has 0 bridgehead atoms. The number of amides is 1. The van der Waals surface area contributed by atoms with Gasteiger partial charge in [-0.15, -0.1) is 11.3 Å². The van der Waals surface area contributed by atoms with Crippen molar-refractivity contribution in [2.24, 2.45) is 0 Å². The molecule has 1 aromatic heterocycles. The van der Waals surface area contributed by atoms with Gasteiger partial charge in [0.15, 0.2) is 0 Å². The third-order valence-corrected chi connectivity index (χ3v) is 8.50. The van der Waals surface area contributed by atoms with E-state index in [0.29, 0.717) is 24.5 Å². The lowest BCUT2D eigenvalue weighted by atomic mass is 10.0. The van der Waals surface area contributed by atoms with Crippen molar-refractivity contribution in [2.45, 2.75) is 51.9 Å². The average molecular weight is 421 g/mol. The third-order valence-electron chi connectivity index (χ3n) is 5.37. The van der Waals surface area contributed by atoms with E-state index in [0.717, 1.165) is 35.4 Å². The molecule has 28 heavy (non-hydrogen) atoms. The van der Waals surface area contributed by atoms with Crippen LogP contribution in [0, 0.1) is 6.92 Å². The Morgan fingerprint density at radius 1 is 1.18 bits per heavy atom. The molecule has 0 aliphatic carbocycles. The molecule has 1 amide bonds. The number of carbonyl (C=O) groups is 1. The van der Waals surface area contributed by atoms with E-state index in [2.05, 4.69) is 13.8 Å². The fraction of sp³-hybridized carbons (Fsp3) is 0.476. The molecular weight excluding hydrogens is 392 g/mol. The standard InChI is InChI=1S/C21H28N2O3S2/c1-5-16-14-20(27-15(16)4)21(24)23-12-8-9-17-13-18(10-11-19(17)23)28(25,26)22(6-2)7-3/h10-11,13-14H,5-9,12H2,1-4H3. The van der Waals surface area contributed by atoms with E-state index in [1.165, 1.54) is 26.1 Å². The summed E-state index contributed by atoms with van der Waals surface area (Å²) in [4.78, 5) is 17.2. The Morgan fingerprint density at radius 2 is 1.89 bits per heavy atom. The summed E-state index contributed by atoms with van der Waals surface area (Å²) < 4.78 is 27.1. The second-order valence-electron chi connectivity index (χ2n) is 6.99. The molecule has 1 aliphatic rings. The number of rotatable bonds is 6. The smallest absolute Gasteiger partial charge is 0.268 e. The quantitative estimate of drug-likeness (QED) is 0.702. The largest absolute Gasteiger partial charge is 0.307 e. The first kappa shape index (κ1) is 21.0. The second-order valence-corrected chi connectivity index (χ2v) is 10.2. The zero-order valence-corrected chi connectivity index (χ0v) is 18.6. The van der Waals surface area contributed by atoms with Crippen molar-refractivity contribution >= 4 is 33.0 Å². The van der Waals surface area contributed by atoms with Crippen molar-refractivity contribution in [2.75, 3.05) is 24.5 Å². The van der Waals surface area contributed by atoms with Crippen molar-refractivity contribution in [1.29, 1.82) is 0 Å². The maximum Gasteiger partial charge on any atom is 0.268 e. The molecule has 5 nitrogen and oxygen atoms in total. The Hall–Kier alpha value is -1.70. The van der Waals surface area contributed by atoms with Crippen LogP contribution in [-0.4, -0.2) is 38.3 Å². The first-order valence-corrected chi connectivity index (χ1v) is 12.1. The van der Waals surface area contributed by atoms with Crippen LogP contribution in [0.4, 0.5) is 5.69 Å². The molecule has 0 saturated heterocycles. The molecule has 1 aromatic carbocycles. The van der Waals surface area contributed by atoms with Crippen LogP contribution in [-0.2, 0) is 22.9 Å². The summed E-state index contributed by atoms with van der Waals surface area (Å²) in [6.07, 6.45) is 2.53. The molecule has 0 fully saturated rings. The normalized spacial score (nSPS) is 14.4. The van der Waals surface area contributed by atoms with Crippen molar-refractivity contribution in [3.05, 3.63) is 45.1 Å². The predicted octanol–water partition coefficient (Wildman–Crippen LogP) is 4.24. The van der Waals surface area contributed by atoms with E-state index < -0.39 is 10.0 Å². The van der Waals surface area contributed by atoms with Gasteiger partial charge in [-0.25, -0.2) is 8.42 Å². The molecule has 3 rings (SSSR count). The van der Waals surface area contributed by atoms with E-state index in [1.54, 1.807) is 23.1 Å². The molecule has 0 unspecified atom stereocenters. The lowest BCUT2D eigenvalue weighted by molar-refractivity contribution is 0.0989. The van der Waals surface area contributed by atoms with Crippen LogP contribution >= 0.6 is 11.3 Å². The average Bonchev–Trinajstić information content (AvgIpc) is 3.08. The number of fused-ring (bicyclic) bond motifs is 1. The van der Waals surface area contributed by atoms with Gasteiger partial charge in [-0.3, -0.25) is 4.79 Å². The van der Waals surface area contributed by atoms with Crippen molar-refractivity contribution in [1.82, 2.24) is 4.31 Å². The maximum absolute atomic E-state index is 13.1. The fourth-order valence-corrected chi connectivity index (χ4v) is 6.34. The summed E-state index contributed by atoms with van der Waals surface area (Å²) in [5, 5.41) is 0. The Balaban J connectivity index is 1.96. The van der Waals surface area contributed by atoms with Crippen LogP contribution in [0.5, 0.6) is 0 Å². The van der Waals surface area contributed by atoms with Gasteiger partial charge >= 0.3 is 0 Å². The van der Waals surface area contributed by atoms with E-state index in [-0.39, 0.29) is 5.91 Å². The zero-order valence-electron chi connectivity index (χ0n) is 17.0. The van der Waals surface area contributed by atoms with Gasteiger partial charge in [0.25, 0.3) is 5.91 Å². The topological polar surface area (TPSA) is 57.7 Å². The number of anilines is 1. The predicted molar refractivity (Wildman–Crippen MR) is 115 cm³/mol. The van der Waals surface area contributed by atoms with Crippen LogP contribution in [0.2, 0.25) is 0 Å². The van der Waals surface area contributed by atoms with Crippen molar-refractivity contribution in [3.63, 3.8) is 0 Å². The fourth-order valence-electron chi connectivity index (χ4n) is 3.77. The second kappa shape index (κ2) is 8.35. The van der Waals surface area contributed by atoms with Gasteiger partial charge in [-0.1, -0.05) is 20.8 Å². The Labute approximate surface area is 172 Å². The van der Waals surface area contributed by atoms with Gasteiger partial charge in [-0.2, -0.15) is 4.31 Å². The Bertz CT molecular complexity index is 976. The minimum atomic E-state index is -3.50. The minimum Gasteiger partial charge on any atom is -0.307 e. The minimum absolute atomic E-state index is 0.00750. The van der Waals surface area contributed by atoms with E-state index in [1.807, 2.05) is 19.9 Å². The Kier molecular flexibility index (Phi) is 6.27. The number of carbonyl (C=O) groups excluding carboxylic acids is 1. The molecule has 0 atom stereocenters. The summed E-state index contributed by atoms with van der Waals surface area (Å²) in [5.41, 5.74) is 2.97. The number of nitrogens with zero attached hydrogens (tertiary/aromatic N) is 2. The molecule has 0 radical (unpaired) electrons. The van der Waals surface area contributed by atoms with Gasteiger partial charge < -0.3 is 4.90 Å². The van der Waals surface area contributed by atoms with Crippen LogP contribution < -0.4 is 4.90 Å². The van der Waals surface area contributed by atoms with Crippen molar-refractivity contribution < 1.29 is 13.2 Å². The summed E-state index contributed by atoms with van der Waals surface area (Å²) >= 11 is 1.54. The summed E-state index contributed by atoms with van der Waals surface area (Å²) in [7, 11) is -3.50. The van der Waals surface area contributed by atoms with Crippen LogP contribution in [0.1, 0.15) is 52.9 Å². The number of sulfonamides is 1. The van der Waals surface area contributed by atoms with Crippen LogP contribution in [0.3, 0.4) is 0 Å². The molecule has 0 spiro atoms. The lowest BCUT2D eigenvalue weighted by Crippen LogP contribution is -2.35. The molecule has 2 heterocycles. The molecule has 0 N–H and O–H groups in total. The number of benzene rings is 1. The highest BCUT2D eigenvalue weighted by molar-refractivity contribution is 7.89. The summed E-state index contributed by atoms with van der Waals surface area (Å²) in [5.74, 6) is 0.00750. The third kappa shape index (κ3) is 3.75. The number of thiophene rings is 1. The SMILES string of the molecule is CCc1cc(C(=O)N2CCCc3cc(S(=O)(=O)N(CC)CC)ccc32)sc1C. The highest BCUT2D eigenvalue weighted by Gasteiger charge is 2.28. The highest BCUT2D eigenvalue weighted by Crippen LogP contribution is 2.33. The lowest BCUT2D eigenvalue weighted by Gasteiger charge is -2.30. The van der Waals surface area contributed by atoms with Crippen LogP contribution in [0.25, 0.3) is 0 Å². The van der Waals surface area contributed by atoms with Gasteiger partial charge in [0.05, 0.1) is 9.77 Å². The molecule has 0 saturated carbocycles. The summed E-state index contributed by atoms with van der Waals surface area (Å²) in [6, 6.07) is 7.18. The molecule has 2 aromatic rings. The molecule has 7 heteroatoms. The first-order chi connectivity index (χ1) is 13.3. The Morgan fingerprint density at radius 3 is 2.50 bits per heavy atom. The first-order valence-electron chi connectivity index (χ1n) is 9.87. The van der Waals surface area contributed by atoms with E-state index >= 15 is 0 Å². The van der Waals surface area contributed by atoms with Crippen molar-refractivity contribution in [3.8, 4) is 0 Å². The highest BCUT2D eigenvalue weighted by atomic mass is 32.2. The maximum atomic E-state index is 13.1. The van der Waals surface area contributed by atoms with E-state index in [9.17, 15) is 13.2 Å². The molecule has 152 valence electrons. The van der Waals surface area contributed by atoms with Gasteiger partial charge in [0.1, 0.15) is 0 Å². The van der Waals surface area contributed by atoms with Gasteiger partial charge in [0, 0.05) is 30.2 Å². The number of hydrogen-bond donors (Lipinski definition) is 0. The number of aryl methyl sites for hydroxylation is 3. The molecule has 1 aliphatic heterocycles. The zero-order chi connectivity index (χ0) is 20.5. The number of hydrogen-bond acceptors (Lipinski definition) is 4. The van der Waals surface area contributed by atoms with Gasteiger partial charge in [0.2, 0.25) is 10.0 Å². The van der Waals surface area contributed by atoms with E-state index in [4.69, 9.17) is 0 Å². The van der Waals surface area contributed by atoms with Gasteiger partial charge in [-0.05, 0) is 61.6 Å². The van der Waals surface area contributed by atoms with Crippen LogP contribution in [0.15, 0.2) is 29.2 Å².